The van der Waals surface area contributed by atoms with Gasteiger partial charge < -0.3 is 9.88 Å². The summed E-state index contributed by atoms with van der Waals surface area (Å²) in [5, 5.41) is 10.6. The first-order chi connectivity index (χ1) is 7.15. The second-order valence-corrected chi connectivity index (χ2v) is 3.58. The van der Waals surface area contributed by atoms with Gasteiger partial charge in [-0.3, -0.25) is 9.59 Å². The number of nitrogens with one attached hydrogen (secondary N) is 1. The van der Waals surface area contributed by atoms with Gasteiger partial charge in [0.05, 0.1) is 10.5 Å². The van der Waals surface area contributed by atoms with E-state index in [4.69, 9.17) is 5.26 Å². The monoisotopic (exact) mass is 269 g/mol. The summed E-state index contributed by atoms with van der Waals surface area (Å²) in [6.45, 7) is -0.137. The molecule has 0 aliphatic rings. The molecule has 0 bridgehead atoms. The van der Waals surface area contributed by atoms with E-state index < -0.39 is 0 Å². The smallest absolute Gasteiger partial charge is 0.265 e. The number of rotatable bonds is 3. The molecule has 15 heavy (non-hydrogen) atoms. The summed E-state index contributed by atoms with van der Waals surface area (Å²) in [5.41, 5.74) is -0.274. The van der Waals surface area contributed by atoms with Gasteiger partial charge in [-0.15, -0.1) is 0 Å². The standard InChI is InChI=1S/C9H8BrN3O2/c10-7-2-1-5-13(9(7)15)6-8(14)12-4-3-11/h1-2,5H,4,6H2,(H,12,14). The van der Waals surface area contributed by atoms with E-state index in [9.17, 15) is 9.59 Å². The third-order valence-electron chi connectivity index (χ3n) is 1.65. The fourth-order valence-electron chi connectivity index (χ4n) is 0.981. The largest absolute Gasteiger partial charge is 0.341 e. The molecule has 0 aromatic carbocycles. The Hall–Kier alpha value is -1.61. The van der Waals surface area contributed by atoms with Gasteiger partial charge in [-0.1, -0.05) is 0 Å². The molecule has 1 aromatic heterocycles. The molecule has 1 aromatic rings. The lowest BCUT2D eigenvalue weighted by Gasteiger charge is -2.04. The lowest BCUT2D eigenvalue weighted by molar-refractivity contribution is -0.121. The van der Waals surface area contributed by atoms with Gasteiger partial charge in [0.1, 0.15) is 13.1 Å². The topological polar surface area (TPSA) is 74.9 Å². The number of halogens is 1. The Kier molecular flexibility index (Phi) is 4.06. The van der Waals surface area contributed by atoms with Gasteiger partial charge in [-0.25, -0.2) is 0 Å². The van der Waals surface area contributed by atoms with Crippen molar-refractivity contribution in [2.45, 2.75) is 6.54 Å². The molecule has 1 rings (SSSR count). The van der Waals surface area contributed by atoms with Crippen LogP contribution in [0.4, 0.5) is 0 Å². The van der Waals surface area contributed by atoms with E-state index in [0.717, 1.165) is 0 Å². The maximum absolute atomic E-state index is 11.4. The quantitative estimate of drug-likeness (QED) is 0.800. The van der Waals surface area contributed by atoms with Gasteiger partial charge >= 0.3 is 0 Å². The molecule has 0 saturated heterocycles. The number of carbonyl (C=O) groups excluding carboxylic acids is 1. The first-order valence-corrected chi connectivity index (χ1v) is 4.93. The van der Waals surface area contributed by atoms with E-state index in [1.807, 2.05) is 0 Å². The Morgan fingerprint density at radius 1 is 1.67 bits per heavy atom. The Labute approximate surface area is 94.5 Å². The number of hydrogen-bond acceptors (Lipinski definition) is 3. The lowest BCUT2D eigenvalue weighted by Crippen LogP contribution is -2.32. The van der Waals surface area contributed by atoms with Crippen molar-refractivity contribution < 1.29 is 4.79 Å². The summed E-state index contributed by atoms with van der Waals surface area (Å²) in [6, 6.07) is 5.04. The van der Waals surface area contributed by atoms with Crippen molar-refractivity contribution >= 4 is 21.8 Å². The Bertz CT molecular complexity index is 461. The molecule has 5 nitrogen and oxygen atoms in total. The summed E-state index contributed by atoms with van der Waals surface area (Å²) in [6.07, 6.45) is 1.51. The molecule has 1 heterocycles. The van der Waals surface area contributed by atoms with Gasteiger partial charge in [0.25, 0.3) is 5.56 Å². The first-order valence-electron chi connectivity index (χ1n) is 4.13. The number of hydrogen-bond donors (Lipinski definition) is 1. The second-order valence-electron chi connectivity index (χ2n) is 2.72. The first kappa shape index (κ1) is 11.5. The molecule has 0 spiro atoms. The van der Waals surface area contributed by atoms with Crippen LogP contribution in [0.5, 0.6) is 0 Å². The van der Waals surface area contributed by atoms with E-state index in [1.165, 1.54) is 10.8 Å². The van der Waals surface area contributed by atoms with Crippen LogP contribution in [-0.2, 0) is 11.3 Å². The summed E-state index contributed by atoms with van der Waals surface area (Å²) < 4.78 is 1.66. The van der Waals surface area contributed by atoms with Crippen molar-refractivity contribution in [2.75, 3.05) is 6.54 Å². The van der Waals surface area contributed by atoms with E-state index >= 15 is 0 Å². The van der Waals surface area contributed by atoms with Crippen LogP contribution < -0.4 is 10.9 Å². The molecule has 0 fully saturated rings. The molecular formula is C9H8BrN3O2. The van der Waals surface area contributed by atoms with Crippen molar-refractivity contribution in [3.8, 4) is 6.07 Å². The highest BCUT2D eigenvalue weighted by atomic mass is 79.9. The average Bonchev–Trinajstić information content (AvgIpc) is 2.22. The minimum absolute atomic E-state index is 0.0540. The van der Waals surface area contributed by atoms with Gasteiger partial charge in [-0.05, 0) is 28.1 Å². The molecule has 0 aliphatic carbocycles. The van der Waals surface area contributed by atoms with Crippen molar-refractivity contribution in [2.24, 2.45) is 0 Å². The normalized spacial score (nSPS) is 9.33. The van der Waals surface area contributed by atoms with Crippen LogP contribution >= 0.6 is 15.9 Å². The molecule has 1 N–H and O–H groups in total. The molecule has 0 saturated carbocycles. The van der Waals surface area contributed by atoms with Crippen molar-refractivity contribution in [1.29, 1.82) is 5.26 Å². The Balaban J connectivity index is 2.74. The zero-order valence-corrected chi connectivity index (χ0v) is 9.32. The number of pyridine rings is 1. The predicted molar refractivity (Wildman–Crippen MR) is 57.0 cm³/mol. The molecular weight excluding hydrogens is 262 g/mol. The van der Waals surface area contributed by atoms with Crippen molar-refractivity contribution in [1.82, 2.24) is 9.88 Å². The molecule has 0 unspecified atom stereocenters. The van der Waals surface area contributed by atoms with Crippen molar-refractivity contribution in [3.63, 3.8) is 0 Å². The molecule has 6 heteroatoms. The second kappa shape index (κ2) is 5.32. The molecule has 0 atom stereocenters. The highest BCUT2D eigenvalue weighted by Gasteiger charge is 2.04. The fraction of sp³-hybridized carbons (Fsp3) is 0.222. The van der Waals surface area contributed by atoms with Crippen LogP contribution in [0.1, 0.15) is 0 Å². The van der Waals surface area contributed by atoms with E-state index in [-0.39, 0.29) is 24.6 Å². The average molecular weight is 270 g/mol. The van der Waals surface area contributed by atoms with Crippen molar-refractivity contribution in [3.05, 3.63) is 33.2 Å². The number of carbonyl (C=O) groups is 1. The zero-order valence-electron chi connectivity index (χ0n) is 7.74. The minimum Gasteiger partial charge on any atom is -0.341 e. The van der Waals surface area contributed by atoms with Crippen LogP contribution in [0.15, 0.2) is 27.6 Å². The zero-order chi connectivity index (χ0) is 11.3. The number of nitriles is 1. The van der Waals surface area contributed by atoms with E-state index in [1.54, 1.807) is 18.2 Å². The van der Waals surface area contributed by atoms with Gasteiger partial charge in [-0.2, -0.15) is 5.26 Å². The van der Waals surface area contributed by atoms with Crippen LogP contribution in [0, 0.1) is 11.3 Å². The van der Waals surface area contributed by atoms with Gasteiger partial charge in [0.2, 0.25) is 5.91 Å². The predicted octanol–water partition coefficient (Wildman–Crippen LogP) is 0.251. The number of nitrogens with zero attached hydrogens (tertiary/aromatic N) is 2. The minimum atomic E-state index is -0.364. The third kappa shape index (κ3) is 3.22. The van der Waals surface area contributed by atoms with Gasteiger partial charge in [0.15, 0.2) is 0 Å². The molecule has 0 radical (unpaired) electrons. The highest BCUT2D eigenvalue weighted by Crippen LogP contribution is 2.00. The van der Waals surface area contributed by atoms with Crippen LogP contribution in [0.3, 0.4) is 0 Å². The summed E-state index contributed by atoms with van der Waals surface area (Å²) in [5.74, 6) is -0.364. The SMILES string of the molecule is N#CCNC(=O)Cn1cccc(Br)c1=O. The van der Waals surface area contributed by atoms with Gasteiger partial charge in [0, 0.05) is 6.20 Å². The van der Waals surface area contributed by atoms with E-state index in [2.05, 4.69) is 21.2 Å². The molecule has 78 valence electrons. The van der Waals surface area contributed by atoms with Crippen LogP contribution in [0.25, 0.3) is 0 Å². The lowest BCUT2D eigenvalue weighted by atomic mass is 10.4. The summed E-state index contributed by atoms with van der Waals surface area (Å²) >= 11 is 3.07. The van der Waals surface area contributed by atoms with E-state index in [0.29, 0.717) is 4.47 Å². The number of aromatic nitrogens is 1. The summed E-state index contributed by atoms with van der Waals surface area (Å²) in [4.78, 5) is 22.6. The molecule has 1 amide bonds. The fourth-order valence-corrected chi connectivity index (χ4v) is 1.36. The summed E-state index contributed by atoms with van der Waals surface area (Å²) in [7, 11) is 0. The highest BCUT2D eigenvalue weighted by molar-refractivity contribution is 9.10. The number of amides is 1. The van der Waals surface area contributed by atoms with Crippen LogP contribution in [-0.4, -0.2) is 17.0 Å². The maximum Gasteiger partial charge on any atom is 0.265 e. The van der Waals surface area contributed by atoms with Crippen LogP contribution in [0.2, 0.25) is 0 Å². The Morgan fingerprint density at radius 2 is 2.40 bits per heavy atom. The Morgan fingerprint density at radius 3 is 3.07 bits per heavy atom. The maximum atomic E-state index is 11.4. The molecule has 0 aliphatic heterocycles. The third-order valence-corrected chi connectivity index (χ3v) is 2.26.